The van der Waals surface area contributed by atoms with E-state index in [1.807, 2.05) is 0 Å². The van der Waals surface area contributed by atoms with Crippen LogP contribution in [0.1, 0.15) is 32.1 Å². The third kappa shape index (κ3) is 2.11. The molecule has 72 valence electrons. The highest BCUT2D eigenvalue weighted by atomic mass is 35.5. The summed E-state index contributed by atoms with van der Waals surface area (Å²) in [5.41, 5.74) is -0.863. The van der Waals surface area contributed by atoms with Gasteiger partial charge in [-0.1, -0.05) is 6.42 Å². The Balaban J connectivity index is 0.00000121. The van der Waals surface area contributed by atoms with E-state index in [0.717, 1.165) is 19.3 Å². The van der Waals surface area contributed by atoms with Crippen molar-refractivity contribution in [2.24, 2.45) is 0 Å². The molecular formula is C8H15ClO3. The van der Waals surface area contributed by atoms with Crippen molar-refractivity contribution < 1.29 is 14.6 Å². The van der Waals surface area contributed by atoms with Gasteiger partial charge in [-0.05, 0) is 25.7 Å². The first-order valence-electron chi connectivity index (χ1n) is 4.00. The maximum absolute atomic E-state index is 10.8. The van der Waals surface area contributed by atoms with Crippen LogP contribution in [-0.2, 0) is 9.53 Å². The fraction of sp³-hybridized carbons (Fsp3) is 0.875. The Morgan fingerprint density at radius 2 is 1.83 bits per heavy atom. The molecule has 4 heteroatoms. The average molecular weight is 195 g/mol. The number of aliphatic carboxylic acids is 1. The minimum Gasteiger partial charge on any atom is -0.479 e. The van der Waals surface area contributed by atoms with Crippen LogP contribution in [0.4, 0.5) is 0 Å². The summed E-state index contributed by atoms with van der Waals surface area (Å²) >= 11 is 0. The molecule has 3 nitrogen and oxygen atoms in total. The number of carboxylic acids is 1. The molecule has 0 aromatic rings. The largest absolute Gasteiger partial charge is 0.479 e. The summed E-state index contributed by atoms with van der Waals surface area (Å²) in [5.74, 6) is -0.806. The summed E-state index contributed by atoms with van der Waals surface area (Å²) in [4.78, 5) is 10.8. The molecule has 0 aliphatic heterocycles. The maximum Gasteiger partial charge on any atom is 0.335 e. The zero-order valence-electron chi connectivity index (χ0n) is 7.21. The average Bonchev–Trinajstić information content (AvgIpc) is 2.05. The number of carboxylic acid groups (broad SMARTS) is 1. The van der Waals surface area contributed by atoms with E-state index in [0.29, 0.717) is 12.8 Å². The van der Waals surface area contributed by atoms with Crippen LogP contribution in [0.3, 0.4) is 0 Å². The molecule has 0 aromatic heterocycles. The monoisotopic (exact) mass is 194 g/mol. The number of ether oxygens (including phenoxy) is 1. The van der Waals surface area contributed by atoms with E-state index < -0.39 is 11.6 Å². The molecule has 1 saturated carbocycles. The van der Waals surface area contributed by atoms with Gasteiger partial charge in [0.05, 0.1) is 0 Å². The number of halogens is 1. The standard InChI is InChI=1S/C8H14O3.ClH/c1-11-8(7(9)10)5-3-2-4-6-8;/h2-6H2,1H3,(H,9,10);1H. The summed E-state index contributed by atoms with van der Waals surface area (Å²) in [6.07, 6.45) is 4.41. The van der Waals surface area contributed by atoms with Gasteiger partial charge >= 0.3 is 5.97 Å². The predicted molar refractivity (Wildman–Crippen MR) is 47.7 cm³/mol. The molecular weight excluding hydrogens is 180 g/mol. The summed E-state index contributed by atoms with van der Waals surface area (Å²) in [6.45, 7) is 0. The summed E-state index contributed by atoms with van der Waals surface area (Å²) < 4.78 is 5.04. The van der Waals surface area contributed by atoms with Gasteiger partial charge < -0.3 is 9.84 Å². The van der Waals surface area contributed by atoms with E-state index in [1.165, 1.54) is 7.11 Å². The second-order valence-corrected chi connectivity index (χ2v) is 3.06. The third-order valence-corrected chi connectivity index (χ3v) is 2.44. The molecule has 0 bridgehead atoms. The van der Waals surface area contributed by atoms with Crippen LogP contribution >= 0.6 is 12.4 Å². The Hall–Kier alpha value is -0.280. The predicted octanol–water partition coefficient (Wildman–Crippen LogP) is 1.84. The topological polar surface area (TPSA) is 46.5 Å². The first kappa shape index (κ1) is 11.7. The molecule has 0 saturated heterocycles. The van der Waals surface area contributed by atoms with Crippen LogP contribution in [0.15, 0.2) is 0 Å². The van der Waals surface area contributed by atoms with Crippen LogP contribution in [-0.4, -0.2) is 23.8 Å². The van der Waals surface area contributed by atoms with Crippen LogP contribution in [0.25, 0.3) is 0 Å². The van der Waals surface area contributed by atoms with Gasteiger partial charge in [0, 0.05) is 7.11 Å². The first-order chi connectivity index (χ1) is 5.21. The molecule has 1 aliphatic carbocycles. The summed E-state index contributed by atoms with van der Waals surface area (Å²) in [7, 11) is 1.49. The minimum absolute atomic E-state index is 0. The maximum atomic E-state index is 10.8. The lowest BCUT2D eigenvalue weighted by Gasteiger charge is -2.31. The van der Waals surface area contributed by atoms with Crippen LogP contribution < -0.4 is 0 Å². The lowest BCUT2D eigenvalue weighted by Crippen LogP contribution is -2.42. The number of hydrogen-bond donors (Lipinski definition) is 1. The summed E-state index contributed by atoms with van der Waals surface area (Å²) in [5, 5.41) is 8.86. The van der Waals surface area contributed by atoms with E-state index in [4.69, 9.17) is 9.84 Å². The third-order valence-electron chi connectivity index (χ3n) is 2.44. The zero-order valence-corrected chi connectivity index (χ0v) is 8.02. The molecule has 12 heavy (non-hydrogen) atoms. The van der Waals surface area contributed by atoms with Crippen LogP contribution in [0.5, 0.6) is 0 Å². The highest BCUT2D eigenvalue weighted by molar-refractivity contribution is 5.85. The molecule has 0 spiro atoms. The van der Waals surface area contributed by atoms with Gasteiger partial charge in [-0.15, -0.1) is 12.4 Å². The van der Waals surface area contributed by atoms with Crippen LogP contribution in [0.2, 0.25) is 0 Å². The molecule has 1 N–H and O–H groups in total. The molecule has 1 fully saturated rings. The van der Waals surface area contributed by atoms with Gasteiger partial charge in [0.2, 0.25) is 0 Å². The lowest BCUT2D eigenvalue weighted by atomic mass is 9.85. The Morgan fingerprint density at radius 1 is 1.33 bits per heavy atom. The van der Waals surface area contributed by atoms with E-state index in [1.54, 1.807) is 0 Å². The Labute approximate surface area is 78.5 Å². The molecule has 0 unspecified atom stereocenters. The van der Waals surface area contributed by atoms with E-state index in [-0.39, 0.29) is 12.4 Å². The van der Waals surface area contributed by atoms with Gasteiger partial charge in [0.15, 0.2) is 5.60 Å². The fourth-order valence-electron chi connectivity index (χ4n) is 1.63. The second kappa shape index (κ2) is 4.67. The highest BCUT2D eigenvalue weighted by Gasteiger charge is 2.39. The van der Waals surface area contributed by atoms with Gasteiger partial charge in [0.1, 0.15) is 0 Å². The molecule has 0 aromatic carbocycles. The van der Waals surface area contributed by atoms with Crippen molar-refractivity contribution in [2.45, 2.75) is 37.7 Å². The Kier molecular flexibility index (Phi) is 4.57. The molecule has 0 atom stereocenters. The Bertz CT molecular complexity index is 152. The number of rotatable bonds is 2. The van der Waals surface area contributed by atoms with E-state index in [2.05, 4.69) is 0 Å². The van der Waals surface area contributed by atoms with Gasteiger partial charge in [-0.2, -0.15) is 0 Å². The number of methoxy groups -OCH3 is 1. The second-order valence-electron chi connectivity index (χ2n) is 3.06. The van der Waals surface area contributed by atoms with Gasteiger partial charge in [0.25, 0.3) is 0 Å². The summed E-state index contributed by atoms with van der Waals surface area (Å²) in [6, 6.07) is 0. The zero-order chi connectivity index (χ0) is 8.32. The lowest BCUT2D eigenvalue weighted by molar-refractivity contribution is -0.166. The minimum atomic E-state index is -0.863. The van der Waals surface area contributed by atoms with Crippen molar-refractivity contribution in [3.05, 3.63) is 0 Å². The first-order valence-corrected chi connectivity index (χ1v) is 4.00. The van der Waals surface area contributed by atoms with Crippen molar-refractivity contribution in [3.8, 4) is 0 Å². The molecule has 0 radical (unpaired) electrons. The number of hydrogen-bond acceptors (Lipinski definition) is 2. The van der Waals surface area contributed by atoms with Crippen molar-refractivity contribution in [3.63, 3.8) is 0 Å². The smallest absolute Gasteiger partial charge is 0.335 e. The van der Waals surface area contributed by atoms with Crippen molar-refractivity contribution >= 4 is 18.4 Å². The molecule has 0 heterocycles. The van der Waals surface area contributed by atoms with Crippen molar-refractivity contribution in [1.29, 1.82) is 0 Å². The Morgan fingerprint density at radius 3 is 2.08 bits per heavy atom. The molecule has 0 amide bonds. The molecule has 1 rings (SSSR count). The van der Waals surface area contributed by atoms with E-state index in [9.17, 15) is 4.79 Å². The highest BCUT2D eigenvalue weighted by Crippen LogP contribution is 2.30. The van der Waals surface area contributed by atoms with E-state index >= 15 is 0 Å². The fourth-order valence-corrected chi connectivity index (χ4v) is 1.63. The molecule has 1 aliphatic rings. The van der Waals surface area contributed by atoms with Crippen molar-refractivity contribution in [2.75, 3.05) is 7.11 Å². The number of carbonyl (C=O) groups is 1. The van der Waals surface area contributed by atoms with Gasteiger partial charge in [-0.25, -0.2) is 4.79 Å². The SMILES string of the molecule is COC1(C(=O)O)CCCCC1.Cl. The normalized spacial score (nSPS) is 21.1. The van der Waals surface area contributed by atoms with Crippen molar-refractivity contribution in [1.82, 2.24) is 0 Å². The van der Waals surface area contributed by atoms with Gasteiger partial charge in [-0.3, -0.25) is 0 Å². The quantitative estimate of drug-likeness (QED) is 0.730. The van der Waals surface area contributed by atoms with Crippen LogP contribution in [0, 0.1) is 0 Å².